The fraction of sp³-hybridized carbons (Fsp3) is 0.500. The number of ether oxygens (including phenoxy) is 1. The van der Waals surface area contributed by atoms with Gasteiger partial charge >= 0.3 is 5.97 Å². The van der Waals surface area contributed by atoms with Crippen molar-refractivity contribution in [2.45, 2.75) is 33.1 Å². The smallest absolute Gasteiger partial charge is 0.330 e. The quantitative estimate of drug-likeness (QED) is 0.414. The van der Waals surface area contributed by atoms with Crippen LogP contribution in [-0.4, -0.2) is 13.1 Å². The average Bonchev–Trinajstić information content (AvgIpc) is 2.27. The van der Waals surface area contributed by atoms with Gasteiger partial charge in [0.1, 0.15) is 0 Å². The Balaban J connectivity index is 2.74. The average molecular weight is 220 g/mol. The second kappa shape index (κ2) is 5.69. The summed E-state index contributed by atoms with van der Waals surface area (Å²) in [6, 6.07) is 0. The molecule has 1 unspecified atom stereocenters. The number of carbonyl (C=O) groups excluding carboxylic acids is 1. The maximum Gasteiger partial charge on any atom is 0.330 e. The van der Waals surface area contributed by atoms with Gasteiger partial charge in [0.05, 0.1) is 7.11 Å². The second-order valence-electron chi connectivity index (χ2n) is 4.45. The van der Waals surface area contributed by atoms with E-state index < -0.39 is 0 Å². The zero-order chi connectivity index (χ0) is 12.1. The molecule has 0 bridgehead atoms. The Kier molecular flexibility index (Phi) is 4.53. The molecule has 0 aliphatic heterocycles. The summed E-state index contributed by atoms with van der Waals surface area (Å²) >= 11 is 0. The molecule has 2 heteroatoms. The van der Waals surface area contributed by atoms with Gasteiger partial charge in [0.15, 0.2) is 0 Å². The first kappa shape index (κ1) is 12.8. The van der Waals surface area contributed by atoms with Crippen LogP contribution in [0.15, 0.2) is 35.5 Å². The number of rotatable bonds is 3. The second-order valence-corrected chi connectivity index (χ2v) is 4.45. The SMILES string of the molecule is C=C(C)C1CCC(C)=C(/C=C/C(=O)OC)C1. The van der Waals surface area contributed by atoms with Crippen LogP contribution in [-0.2, 0) is 9.53 Å². The van der Waals surface area contributed by atoms with Gasteiger partial charge in [0.2, 0.25) is 0 Å². The summed E-state index contributed by atoms with van der Waals surface area (Å²) in [5, 5.41) is 0. The van der Waals surface area contributed by atoms with Crippen molar-refractivity contribution in [2.24, 2.45) is 5.92 Å². The van der Waals surface area contributed by atoms with Gasteiger partial charge in [-0.3, -0.25) is 0 Å². The number of carbonyl (C=O) groups is 1. The van der Waals surface area contributed by atoms with Crippen molar-refractivity contribution in [1.29, 1.82) is 0 Å². The van der Waals surface area contributed by atoms with Crippen LogP contribution in [0.3, 0.4) is 0 Å². The third-order valence-corrected chi connectivity index (χ3v) is 3.20. The van der Waals surface area contributed by atoms with E-state index in [9.17, 15) is 4.79 Å². The minimum absolute atomic E-state index is 0.294. The van der Waals surface area contributed by atoms with E-state index in [1.807, 2.05) is 6.08 Å². The summed E-state index contributed by atoms with van der Waals surface area (Å²) < 4.78 is 4.58. The normalized spacial score (nSPS) is 21.3. The maximum absolute atomic E-state index is 11.0. The lowest BCUT2D eigenvalue weighted by Gasteiger charge is -2.24. The molecule has 88 valence electrons. The summed E-state index contributed by atoms with van der Waals surface area (Å²) in [5.41, 5.74) is 3.86. The Bertz CT molecular complexity index is 348. The van der Waals surface area contributed by atoms with Crippen LogP contribution in [0.1, 0.15) is 33.1 Å². The molecule has 0 spiro atoms. The molecular formula is C14H20O2. The lowest BCUT2D eigenvalue weighted by Crippen LogP contribution is -2.09. The zero-order valence-corrected chi connectivity index (χ0v) is 10.4. The Labute approximate surface area is 97.7 Å². The molecule has 0 saturated heterocycles. The fourth-order valence-corrected chi connectivity index (χ4v) is 1.96. The minimum atomic E-state index is -0.294. The molecule has 2 nitrogen and oxygen atoms in total. The van der Waals surface area contributed by atoms with Crippen LogP contribution < -0.4 is 0 Å². The highest BCUT2D eigenvalue weighted by Crippen LogP contribution is 2.33. The molecule has 0 saturated carbocycles. The Hall–Kier alpha value is -1.31. The van der Waals surface area contributed by atoms with Crippen molar-refractivity contribution in [3.63, 3.8) is 0 Å². The number of esters is 1. The first-order chi connectivity index (χ1) is 7.54. The number of hydrogen-bond donors (Lipinski definition) is 0. The highest BCUT2D eigenvalue weighted by molar-refractivity contribution is 5.82. The highest BCUT2D eigenvalue weighted by atomic mass is 16.5. The Morgan fingerprint density at radius 3 is 2.81 bits per heavy atom. The van der Waals surface area contributed by atoms with Gasteiger partial charge in [-0.05, 0) is 44.6 Å². The largest absolute Gasteiger partial charge is 0.466 e. The number of allylic oxidation sites excluding steroid dienone is 4. The number of hydrogen-bond acceptors (Lipinski definition) is 2. The predicted molar refractivity (Wildman–Crippen MR) is 66.0 cm³/mol. The number of methoxy groups -OCH3 is 1. The highest BCUT2D eigenvalue weighted by Gasteiger charge is 2.17. The van der Waals surface area contributed by atoms with Crippen LogP contribution in [0.2, 0.25) is 0 Å². The summed E-state index contributed by atoms with van der Waals surface area (Å²) in [4.78, 5) is 11.0. The van der Waals surface area contributed by atoms with Gasteiger partial charge in [-0.15, -0.1) is 0 Å². The Morgan fingerprint density at radius 2 is 2.25 bits per heavy atom. The zero-order valence-electron chi connectivity index (χ0n) is 10.4. The molecule has 1 aliphatic carbocycles. The first-order valence-electron chi connectivity index (χ1n) is 5.64. The molecule has 0 radical (unpaired) electrons. The van der Waals surface area contributed by atoms with E-state index in [4.69, 9.17) is 0 Å². The molecule has 0 N–H and O–H groups in total. The van der Waals surface area contributed by atoms with Gasteiger partial charge in [0, 0.05) is 6.08 Å². The van der Waals surface area contributed by atoms with Gasteiger partial charge in [-0.2, -0.15) is 0 Å². The topological polar surface area (TPSA) is 26.3 Å². The molecule has 0 aromatic heterocycles. The fourth-order valence-electron chi connectivity index (χ4n) is 1.96. The monoisotopic (exact) mass is 220 g/mol. The molecule has 0 aromatic rings. The Morgan fingerprint density at radius 1 is 1.56 bits per heavy atom. The summed E-state index contributed by atoms with van der Waals surface area (Å²) in [6.07, 6.45) is 6.65. The van der Waals surface area contributed by atoms with E-state index in [0.29, 0.717) is 5.92 Å². The lowest BCUT2D eigenvalue weighted by atomic mass is 9.81. The van der Waals surface area contributed by atoms with E-state index in [1.54, 1.807) is 0 Å². The lowest BCUT2D eigenvalue weighted by molar-refractivity contribution is -0.134. The third-order valence-electron chi connectivity index (χ3n) is 3.20. The van der Waals surface area contributed by atoms with Crippen molar-refractivity contribution in [3.05, 3.63) is 35.5 Å². The van der Waals surface area contributed by atoms with Crippen molar-refractivity contribution in [2.75, 3.05) is 7.11 Å². The molecule has 0 fully saturated rings. The van der Waals surface area contributed by atoms with Gasteiger partial charge in [-0.1, -0.05) is 23.8 Å². The molecule has 0 aromatic carbocycles. The summed E-state index contributed by atoms with van der Waals surface area (Å²) in [7, 11) is 1.39. The molecule has 1 aliphatic rings. The summed E-state index contributed by atoms with van der Waals surface area (Å²) in [5.74, 6) is 0.263. The van der Waals surface area contributed by atoms with Gasteiger partial charge in [0.25, 0.3) is 0 Å². The van der Waals surface area contributed by atoms with E-state index in [0.717, 1.165) is 12.8 Å². The first-order valence-corrected chi connectivity index (χ1v) is 5.64. The summed E-state index contributed by atoms with van der Waals surface area (Å²) in [6.45, 7) is 8.22. The maximum atomic E-state index is 11.0. The molecule has 0 amide bonds. The van der Waals surface area contributed by atoms with Crippen LogP contribution in [0.25, 0.3) is 0 Å². The van der Waals surface area contributed by atoms with Crippen LogP contribution in [0.4, 0.5) is 0 Å². The van der Waals surface area contributed by atoms with Crippen LogP contribution >= 0.6 is 0 Å². The predicted octanol–water partition coefficient (Wildman–Crippen LogP) is 3.41. The standard InChI is InChI=1S/C14H20O2/c1-10(2)12-6-5-11(3)13(9-12)7-8-14(15)16-4/h7-8,12H,1,5-6,9H2,2-4H3/b8-7+. The molecule has 1 atom stereocenters. The molecule has 0 heterocycles. The van der Waals surface area contributed by atoms with Crippen molar-refractivity contribution < 1.29 is 9.53 Å². The third kappa shape index (κ3) is 3.37. The van der Waals surface area contributed by atoms with Crippen molar-refractivity contribution >= 4 is 5.97 Å². The van der Waals surface area contributed by atoms with Crippen molar-refractivity contribution in [1.82, 2.24) is 0 Å². The molecule has 1 rings (SSSR count). The molecule has 16 heavy (non-hydrogen) atoms. The van der Waals surface area contributed by atoms with Gasteiger partial charge < -0.3 is 4.74 Å². The van der Waals surface area contributed by atoms with Crippen molar-refractivity contribution in [3.8, 4) is 0 Å². The van der Waals surface area contributed by atoms with Crippen LogP contribution in [0, 0.1) is 5.92 Å². The van der Waals surface area contributed by atoms with E-state index in [-0.39, 0.29) is 5.97 Å². The van der Waals surface area contributed by atoms with E-state index >= 15 is 0 Å². The van der Waals surface area contributed by atoms with Gasteiger partial charge in [-0.25, -0.2) is 4.79 Å². The van der Waals surface area contributed by atoms with E-state index in [2.05, 4.69) is 25.2 Å². The van der Waals surface area contributed by atoms with E-state index in [1.165, 1.54) is 36.3 Å². The molecular weight excluding hydrogens is 200 g/mol. The van der Waals surface area contributed by atoms with Crippen LogP contribution in [0.5, 0.6) is 0 Å². The minimum Gasteiger partial charge on any atom is -0.466 e.